The van der Waals surface area contributed by atoms with Gasteiger partial charge in [0, 0.05) is 12.4 Å². The molecule has 1 amide bonds. The maximum atomic E-state index is 11.8. The second-order valence-corrected chi connectivity index (χ2v) is 5.89. The highest BCUT2D eigenvalue weighted by molar-refractivity contribution is 7.93. The third kappa shape index (κ3) is 5.19. The number of benzene rings is 1. The third-order valence-electron chi connectivity index (χ3n) is 2.58. The Kier molecular flexibility index (Phi) is 4.84. The molecule has 0 unspecified atom stereocenters. The first-order chi connectivity index (χ1) is 10.1. The van der Waals surface area contributed by atoms with Crippen LogP contribution in [0.15, 0.2) is 60.3 Å². The molecule has 0 radical (unpaired) electrons. The van der Waals surface area contributed by atoms with E-state index in [1.807, 2.05) is 10.8 Å². The van der Waals surface area contributed by atoms with Crippen molar-refractivity contribution >= 4 is 22.0 Å². The summed E-state index contributed by atoms with van der Waals surface area (Å²) in [4.78, 5) is 15.6. The van der Waals surface area contributed by atoms with Crippen LogP contribution in [0.25, 0.3) is 6.08 Å². The summed E-state index contributed by atoms with van der Waals surface area (Å²) < 4.78 is 25.5. The first kappa shape index (κ1) is 14.9. The van der Waals surface area contributed by atoms with Gasteiger partial charge in [-0.05, 0) is 23.3 Å². The van der Waals surface area contributed by atoms with Gasteiger partial charge in [-0.2, -0.15) is 0 Å². The molecule has 1 N–H and O–H groups in total. The summed E-state index contributed by atoms with van der Waals surface area (Å²) in [5, 5.41) is 0.976. The minimum atomic E-state index is -3.80. The number of nitrogens with zero attached hydrogens (tertiary/aromatic N) is 1. The highest BCUT2D eigenvalue weighted by atomic mass is 32.2. The first-order valence-corrected chi connectivity index (χ1v) is 7.77. The van der Waals surface area contributed by atoms with Crippen LogP contribution in [0, 0.1) is 0 Å². The third-order valence-corrected chi connectivity index (χ3v) is 3.59. The molecule has 0 saturated heterocycles. The molecule has 2 aromatic rings. The number of pyridine rings is 1. The molecule has 2 rings (SSSR count). The number of carbonyl (C=O) groups excluding carboxylic acids is 1. The van der Waals surface area contributed by atoms with Gasteiger partial charge in [-0.25, -0.2) is 13.1 Å². The highest BCUT2D eigenvalue weighted by Crippen LogP contribution is 2.03. The van der Waals surface area contributed by atoms with E-state index in [1.54, 1.807) is 42.6 Å². The fourth-order valence-corrected chi connectivity index (χ4v) is 2.44. The van der Waals surface area contributed by atoms with Gasteiger partial charge in [0.1, 0.15) is 0 Å². The predicted octanol–water partition coefficient (Wildman–Crippen LogP) is 1.74. The van der Waals surface area contributed by atoms with Gasteiger partial charge >= 0.3 is 0 Å². The molecule has 1 aromatic heterocycles. The standard InChI is InChI=1S/C15H14N2O3S/c18-15(11-14-7-4-9-16-12-14)17-21(19,20)10-8-13-5-2-1-3-6-13/h1-10,12H,11H2,(H,17,18)/b10-8+. The number of carbonyl (C=O) groups is 1. The van der Waals surface area contributed by atoms with Crippen molar-refractivity contribution in [2.24, 2.45) is 0 Å². The molecule has 0 bridgehead atoms. The normalized spacial score (nSPS) is 11.4. The van der Waals surface area contributed by atoms with Crippen LogP contribution in [0.1, 0.15) is 11.1 Å². The molecule has 0 aliphatic rings. The van der Waals surface area contributed by atoms with Crippen molar-refractivity contribution in [3.8, 4) is 0 Å². The number of aromatic nitrogens is 1. The summed E-state index contributed by atoms with van der Waals surface area (Å²) >= 11 is 0. The Morgan fingerprint density at radius 1 is 1.14 bits per heavy atom. The van der Waals surface area contributed by atoms with Crippen molar-refractivity contribution in [3.05, 3.63) is 71.4 Å². The lowest BCUT2D eigenvalue weighted by Gasteiger charge is -2.03. The molecule has 0 atom stereocenters. The van der Waals surface area contributed by atoms with Crippen LogP contribution in [-0.2, 0) is 21.2 Å². The zero-order valence-electron chi connectivity index (χ0n) is 11.1. The van der Waals surface area contributed by atoms with Crippen LogP contribution < -0.4 is 4.72 Å². The number of nitrogens with one attached hydrogen (secondary N) is 1. The maximum Gasteiger partial charge on any atom is 0.257 e. The second kappa shape index (κ2) is 6.81. The Balaban J connectivity index is 1.98. The minimum Gasteiger partial charge on any atom is -0.274 e. The number of amides is 1. The van der Waals surface area contributed by atoms with Gasteiger partial charge in [-0.3, -0.25) is 9.78 Å². The van der Waals surface area contributed by atoms with Crippen LogP contribution in [0.5, 0.6) is 0 Å². The number of hydrogen-bond acceptors (Lipinski definition) is 4. The van der Waals surface area contributed by atoms with E-state index in [1.165, 1.54) is 12.3 Å². The zero-order valence-corrected chi connectivity index (χ0v) is 12.0. The fourth-order valence-electron chi connectivity index (χ4n) is 1.65. The summed E-state index contributed by atoms with van der Waals surface area (Å²) in [6, 6.07) is 12.4. The molecule has 0 spiro atoms. The summed E-state index contributed by atoms with van der Waals surface area (Å²) in [6.45, 7) is 0. The monoisotopic (exact) mass is 302 g/mol. The highest BCUT2D eigenvalue weighted by Gasteiger charge is 2.11. The molecule has 108 valence electrons. The average molecular weight is 302 g/mol. The summed E-state index contributed by atoms with van der Waals surface area (Å²) in [7, 11) is -3.80. The molecule has 21 heavy (non-hydrogen) atoms. The van der Waals surface area contributed by atoms with Gasteiger partial charge in [0.05, 0.1) is 11.8 Å². The lowest BCUT2D eigenvalue weighted by molar-refractivity contribution is -0.118. The van der Waals surface area contributed by atoms with E-state index in [9.17, 15) is 13.2 Å². The summed E-state index contributed by atoms with van der Waals surface area (Å²) in [5.74, 6) is -0.597. The Hall–Kier alpha value is -2.47. The molecule has 0 saturated carbocycles. The van der Waals surface area contributed by atoms with E-state index in [0.717, 1.165) is 11.0 Å². The molecule has 1 heterocycles. The minimum absolute atomic E-state index is 0.0355. The smallest absolute Gasteiger partial charge is 0.257 e. The topological polar surface area (TPSA) is 76.1 Å². The first-order valence-electron chi connectivity index (χ1n) is 6.23. The molecule has 1 aromatic carbocycles. The van der Waals surface area contributed by atoms with E-state index in [2.05, 4.69) is 4.98 Å². The van der Waals surface area contributed by atoms with Crippen LogP contribution in [0.4, 0.5) is 0 Å². The van der Waals surface area contributed by atoms with Gasteiger partial charge < -0.3 is 0 Å². The van der Waals surface area contributed by atoms with Gasteiger partial charge in [-0.1, -0.05) is 36.4 Å². The molecule has 0 aliphatic heterocycles. The van der Waals surface area contributed by atoms with Gasteiger partial charge in [0.2, 0.25) is 5.91 Å². The lowest BCUT2D eigenvalue weighted by Crippen LogP contribution is -2.30. The number of rotatable bonds is 5. The predicted molar refractivity (Wildman–Crippen MR) is 80.5 cm³/mol. The Morgan fingerprint density at radius 3 is 2.57 bits per heavy atom. The quantitative estimate of drug-likeness (QED) is 0.912. The molecule has 0 aliphatic carbocycles. The Morgan fingerprint density at radius 2 is 1.90 bits per heavy atom. The number of hydrogen-bond donors (Lipinski definition) is 1. The van der Waals surface area contributed by atoms with Crippen molar-refractivity contribution < 1.29 is 13.2 Å². The van der Waals surface area contributed by atoms with Crippen molar-refractivity contribution in [2.45, 2.75) is 6.42 Å². The Bertz CT molecular complexity index is 726. The van der Waals surface area contributed by atoms with E-state index >= 15 is 0 Å². The second-order valence-electron chi connectivity index (χ2n) is 4.32. The van der Waals surface area contributed by atoms with Gasteiger partial charge in [-0.15, -0.1) is 0 Å². The largest absolute Gasteiger partial charge is 0.274 e. The van der Waals surface area contributed by atoms with Crippen molar-refractivity contribution in [1.29, 1.82) is 0 Å². The van der Waals surface area contributed by atoms with Crippen LogP contribution in [-0.4, -0.2) is 19.3 Å². The van der Waals surface area contributed by atoms with E-state index in [4.69, 9.17) is 0 Å². The van der Waals surface area contributed by atoms with Crippen LogP contribution in [0.2, 0.25) is 0 Å². The van der Waals surface area contributed by atoms with E-state index in [-0.39, 0.29) is 6.42 Å². The number of sulfonamides is 1. The van der Waals surface area contributed by atoms with E-state index in [0.29, 0.717) is 5.56 Å². The molecule has 6 heteroatoms. The lowest BCUT2D eigenvalue weighted by atomic mass is 10.2. The van der Waals surface area contributed by atoms with Crippen LogP contribution >= 0.6 is 0 Å². The van der Waals surface area contributed by atoms with Crippen molar-refractivity contribution in [3.63, 3.8) is 0 Å². The molecule has 0 fully saturated rings. The zero-order chi connectivity index (χ0) is 15.1. The molecular weight excluding hydrogens is 288 g/mol. The van der Waals surface area contributed by atoms with Crippen LogP contribution in [0.3, 0.4) is 0 Å². The fraction of sp³-hybridized carbons (Fsp3) is 0.0667. The van der Waals surface area contributed by atoms with Gasteiger partial charge in [0.25, 0.3) is 10.0 Å². The summed E-state index contributed by atoms with van der Waals surface area (Å²) in [5.41, 5.74) is 1.39. The van der Waals surface area contributed by atoms with Gasteiger partial charge in [0.15, 0.2) is 0 Å². The molecule has 5 nitrogen and oxygen atoms in total. The molecular formula is C15H14N2O3S. The Labute approximate surface area is 123 Å². The maximum absolute atomic E-state index is 11.8. The summed E-state index contributed by atoms with van der Waals surface area (Å²) in [6.07, 6.45) is 4.50. The average Bonchev–Trinajstić information content (AvgIpc) is 2.47. The van der Waals surface area contributed by atoms with E-state index < -0.39 is 15.9 Å². The van der Waals surface area contributed by atoms with Crippen molar-refractivity contribution in [1.82, 2.24) is 9.71 Å². The van der Waals surface area contributed by atoms with Crippen molar-refractivity contribution in [2.75, 3.05) is 0 Å². The SMILES string of the molecule is O=C(Cc1cccnc1)NS(=O)(=O)/C=C/c1ccccc1.